The van der Waals surface area contributed by atoms with E-state index in [1.807, 2.05) is 26.1 Å². The van der Waals surface area contributed by atoms with Gasteiger partial charge in [-0.1, -0.05) is 11.6 Å². The lowest BCUT2D eigenvalue weighted by Gasteiger charge is -2.31. The molecule has 0 unspecified atom stereocenters. The molecule has 1 aliphatic heterocycles. The molecule has 6 heteroatoms. The SMILES string of the molecule is Cc1cc(Cl)ccc1NC(=O)CN(C)C1CCNCC1.Cl. The fourth-order valence-corrected chi connectivity index (χ4v) is 2.79. The van der Waals surface area contributed by atoms with Crippen molar-refractivity contribution in [2.75, 3.05) is 32.0 Å². The molecule has 4 nitrogen and oxygen atoms in total. The maximum Gasteiger partial charge on any atom is 0.238 e. The smallest absolute Gasteiger partial charge is 0.238 e. The van der Waals surface area contributed by atoms with Crippen LogP contribution in [0, 0.1) is 6.92 Å². The summed E-state index contributed by atoms with van der Waals surface area (Å²) in [7, 11) is 2.02. The zero-order chi connectivity index (χ0) is 14.5. The van der Waals surface area contributed by atoms with Crippen LogP contribution in [0.5, 0.6) is 0 Å². The summed E-state index contributed by atoms with van der Waals surface area (Å²) < 4.78 is 0. The van der Waals surface area contributed by atoms with Crippen molar-refractivity contribution in [3.8, 4) is 0 Å². The zero-order valence-electron chi connectivity index (χ0n) is 12.5. The molecule has 0 radical (unpaired) electrons. The fourth-order valence-electron chi connectivity index (χ4n) is 2.56. The van der Waals surface area contributed by atoms with Crippen molar-refractivity contribution in [3.05, 3.63) is 28.8 Å². The van der Waals surface area contributed by atoms with E-state index in [9.17, 15) is 4.79 Å². The van der Waals surface area contributed by atoms with Crippen molar-refractivity contribution in [2.24, 2.45) is 0 Å². The van der Waals surface area contributed by atoms with Crippen molar-refractivity contribution in [1.82, 2.24) is 10.2 Å². The van der Waals surface area contributed by atoms with Gasteiger partial charge in [0.1, 0.15) is 0 Å². The number of anilines is 1. The Hall–Kier alpha value is -0.810. The first kappa shape index (κ1) is 18.2. The first-order valence-electron chi connectivity index (χ1n) is 7.03. The molecule has 1 amide bonds. The standard InChI is InChI=1S/C15H22ClN3O.ClH/c1-11-9-12(16)3-4-14(11)18-15(20)10-19(2)13-5-7-17-8-6-13;/h3-4,9,13,17H,5-8,10H2,1-2H3,(H,18,20);1H. The molecule has 0 atom stereocenters. The number of hydrogen-bond acceptors (Lipinski definition) is 3. The van der Waals surface area contributed by atoms with Crippen LogP contribution in [-0.4, -0.2) is 43.5 Å². The number of carbonyl (C=O) groups excluding carboxylic acids is 1. The Morgan fingerprint density at radius 1 is 1.43 bits per heavy atom. The predicted molar refractivity (Wildman–Crippen MR) is 90.6 cm³/mol. The van der Waals surface area contributed by atoms with Crippen LogP contribution < -0.4 is 10.6 Å². The third-order valence-corrected chi connectivity index (χ3v) is 4.02. The highest BCUT2D eigenvalue weighted by molar-refractivity contribution is 6.30. The van der Waals surface area contributed by atoms with E-state index in [1.165, 1.54) is 0 Å². The molecule has 0 bridgehead atoms. The van der Waals surface area contributed by atoms with E-state index >= 15 is 0 Å². The van der Waals surface area contributed by atoms with Gasteiger partial charge in [0, 0.05) is 16.8 Å². The first-order chi connectivity index (χ1) is 9.56. The summed E-state index contributed by atoms with van der Waals surface area (Å²) in [5.74, 6) is 0.0245. The number of benzene rings is 1. The third-order valence-electron chi connectivity index (χ3n) is 3.79. The molecule has 2 N–H and O–H groups in total. The molecule has 0 spiro atoms. The minimum Gasteiger partial charge on any atom is -0.325 e. The van der Waals surface area contributed by atoms with Crippen LogP contribution in [0.25, 0.3) is 0 Å². The molecule has 1 aliphatic rings. The molecule has 0 saturated carbocycles. The molecule has 1 heterocycles. The highest BCUT2D eigenvalue weighted by Gasteiger charge is 2.19. The molecule has 1 fully saturated rings. The lowest BCUT2D eigenvalue weighted by Crippen LogP contribution is -2.44. The molecule has 1 aromatic rings. The maximum atomic E-state index is 12.1. The molecule has 118 valence electrons. The summed E-state index contributed by atoms with van der Waals surface area (Å²) in [5.41, 5.74) is 1.81. The van der Waals surface area contributed by atoms with Gasteiger partial charge in [0.05, 0.1) is 6.54 Å². The van der Waals surface area contributed by atoms with Gasteiger partial charge in [-0.25, -0.2) is 0 Å². The Labute approximate surface area is 137 Å². The minimum absolute atomic E-state index is 0. The van der Waals surface area contributed by atoms with Gasteiger partial charge in [0.25, 0.3) is 0 Å². The van der Waals surface area contributed by atoms with Crippen LogP contribution in [-0.2, 0) is 4.79 Å². The van der Waals surface area contributed by atoms with E-state index in [-0.39, 0.29) is 18.3 Å². The zero-order valence-corrected chi connectivity index (χ0v) is 14.1. The van der Waals surface area contributed by atoms with E-state index in [0.717, 1.165) is 37.2 Å². The highest BCUT2D eigenvalue weighted by Crippen LogP contribution is 2.19. The molecule has 0 aromatic heterocycles. The molecular weight excluding hydrogens is 309 g/mol. The van der Waals surface area contributed by atoms with E-state index in [1.54, 1.807) is 6.07 Å². The van der Waals surface area contributed by atoms with Crippen LogP contribution in [0.1, 0.15) is 18.4 Å². The van der Waals surface area contributed by atoms with Gasteiger partial charge >= 0.3 is 0 Å². The van der Waals surface area contributed by atoms with Gasteiger partial charge in [0.2, 0.25) is 5.91 Å². The Morgan fingerprint density at radius 2 is 2.10 bits per heavy atom. The quantitative estimate of drug-likeness (QED) is 0.891. The fraction of sp³-hybridized carbons (Fsp3) is 0.533. The minimum atomic E-state index is 0. The van der Waals surface area contributed by atoms with Crippen molar-refractivity contribution >= 4 is 35.6 Å². The first-order valence-corrected chi connectivity index (χ1v) is 7.41. The lowest BCUT2D eigenvalue weighted by atomic mass is 10.1. The van der Waals surface area contributed by atoms with Crippen LogP contribution in [0.4, 0.5) is 5.69 Å². The summed E-state index contributed by atoms with van der Waals surface area (Å²) in [6.07, 6.45) is 2.20. The Kier molecular flexibility index (Phi) is 7.46. The van der Waals surface area contributed by atoms with Crippen LogP contribution >= 0.6 is 24.0 Å². The largest absolute Gasteiger partial charge is 0.325 e. The van der Waals surface area contributed by atoms with E-state index in [2.05, 4.69) is 15.5 Å². The number of carbonyl (C=O) groups is 1. The maximum absolute atomic E-state index is 12.1. The highest BCUT2D eigenvalue weighted by atomic mass is 35.5. The molecule has 21 heavy (non-hydrogen) atoms. The molecule has 2 rings (SSSR count). The Morgan fingerprint density at radius 3 is 2.71 bits per heavy atom. The Balaban J connectivity index is 0.00000220. The number of likely N-dealkylation sites (N-methyl/N-ethyl adjacent to an activating group) is 1. The molecule has 1 aromatic carbocycles. The van der Waals surface area contributed by atoms with Gasteiger partial charge < -0.3 is 10.6 Å². The summed E-state index contributed by atoms with van der Waals surface area (Å²) in [6.45, 7) is 4.44. The second-order valence-electron chi connectivity index (χ2n) is 5.40. The number of rotatable bonds is 4. The van der Waals surface area contributed by atoms with Crippen LogP contribution in [0.3, 0.4) is 0 Å². The summed E-state index contributed by atoms with van der Waals surface area (Å²) in [6, 6.07) is 5.99. The van der Waals surface area contributed by atoms with Crippen LogP contribution in [0.2, 0.25) is 5.02 Å². The molecule has 0 aliphatic carbocycles. The summed E-state index contributed by atoms with van der Waals surface area (Å²) in [5, 5.41) is 6.98. The molecular formula is C15H23Cl2N3O. The van der Waals surface area contributed by atoms with Crippen molar-refractivity contribution in [3.63, 3.8) is 0 Å². The number of hydrogen-bond donors (Lipinski definition) is 2. The lowest BCUT2D eigenvalue weighted by molar-refractivity contribution is -0.117. The predicted octanol–water partition coefficient (Wildman–Crippen LogP) is 2.69. The normalized spacial score (nSPS) is 15.6. The number of nitrogens with one attached hydrogen (secondary N) is 2. The summed E-state index contributed by atoms with van der Waals surface area (Å²) >= 11 is 5.91. The van der Waals surface area contributed by atoms with Gasteiger partial charge in [-0.3, -0.25) is 9.69 Å². The Bertz CT molecular complexity index is 476. The van der Waals surface area contributed by atoms with Gasteiger partial charge in [-0.15, -0.1) is 12.4 Å². The number of amides is 1. The monoisotopic (exact) mass is 331 g/mol. The number of nitrogens with zero attached hydrogens (tertiary/aromatic N) is 1. The average molecular weight is 332 g/mol. The van der Waals surface area contributed by atoms with E-state index < -0.39 is 0 Å². The number of halogens is 2. The van der Waals surface area contributed by atoms with E-state index in [0.29, 0.717) is 17.6 Å². The van der Waals surface area contributed by atoms with Crippen molar-refractivity contribution in [2.45, 2.75) is 25.8 Å². The molecule has 1 saturated heterocycles. The number of aryl methyl sites for hydroxylation is 1. The number of piperidine rings is 1. The second-order valence-corrected chi connectivity index (χ2v) is 5.84. The van der Waals surface area contributed by atoms with Gasteiger partial charge in [-0.05, 0) is 63.7 Å². The van der Waals surface area contributed by atoms with E-state index in [4.69, 9.17) is 11.6 Å². The van der Waals surface area contributed by atoms with Crippen molar-refractivity contribution in [1.29, 1.82) is 0 Å². The van der Waals surface area contributed by atoms with Gasteiger partial charge in [0.15, 0.2) is 0 Å². The van der Waals surface area contributed by atoms with Crippen LogP contribution in [0.15, 0.2) is 18.2 Å². The van der Waals surface area contributed by atoms with Gasteiger partial charge in [-0.2, -0.15) is 0 Å². The average Bonchev–Trinajstić information content (AvgIpc) is 2.43. The van der Waals surface area contributed by atoms with Crippen molar-refractivity contribution < 1.29 is 4.79 Å². The topological polar surface area (TPSA) is 44.4 Å². The summed E-state index contributed by atoms with van der Waals surface area (Å²) in [4.78, 5) is 14.2. The third kappa shape index (κ3) is 5.47. The second kappa shape index (κ2) is 8.59.